The summed E-state index contributed by atoms with van der Waals surface area (Å²) in [6, 6.07) is 5.66. The number of aliphatic hydroxyl groups is 1. The van der Waals surface area contributed by atoms with Gasteiger partial charge in [-0.2, -0.15) is 0 Å². The van der Waals surface area contributed by atoms with Crippen LogP contribution in [0.3, 0.4) is 0 Å². The van der Waals surface area contributed by atoms with Crippen LogP contribution in [0.5, 0.6) is 0 Å². The molecule has 1 aromatic carbocycles. The second-order valence-electron chi connectivity index (χ2n) is 4.25. The van der Waals surface area contributed by atoms with E-state index in [1.165, 1.54) is 24.4 Å². The lowest BCUT2D eigenvalue weighted by Gasteiger charge is -2.15. The van der Waals surface area contributed by atoms with E-state index in [2.05, 4.69) is 4.98 Å². The predicted octanol–water partition coefficient (Wildman–Crippen LogP) is 3.06. The van der Waals surface area contributed by atoms with Crippen LogP contribution in [0.4, 0.5) is 8.78 Å². The molecule has 1 unspecified atom stereocenters. The Kier molecular flexibility index (Phi) is 3.39. The van der Waals surface area contributed by atoms with Crippen molar-refractivity contribution in [2.75, 3.05) is 0 Å². The van der Waals surface area contributed by atoms with Crippen LogP contribution < -0.4 is 0 Å². The fourth-order valence-corrected chi connectivity index (χ4v) is 2.01. The molecule has 0 spiro atoms. The molecule has 2 nitrogen and oxygen atoms in total. The number of aryl methyl sites for hydroxylation is 2. The topological polar surface area (TPSA) is 33.1 Å². The number of nitrogens with zero attached hydrogens (tertiary/aromatic N) is 1. The Labute approximate surface area is 104 Å². The molecule has 0 aliphatic heterocycles. The van der Waals surface area contributed by atoms with Gasteiger partial charge in [0.2, 0.25) is 0 Å². The summed E-state index contributed by atoms with van der Waals surface area (Å²) in [7, 11) is 0. The summed E-state index contributed by atoms with van der Waals surface area (Å²) in [4.78, 5) is 3.77. The quantitative estimate of drug-likeness (QED) is 0.887. The van der Waals surface area contributed by atoms with Crippen LogP contribution >= 0.6 is 0 Å². The number of aliphatic hydroxyl groups excluding tert-OH is 1. The molecule has 18 heavy (non-hydrogen) atoms. The third-order valence-electron chi connectivity index (χ3n) is 2.80. The Hall–Kier alpha value is -1.81. The van der Waals surface area contributed by atoms with Crippen LogP contribution in [-0.4, -0.2) is 10.1 Å². The summed E-state index contributed by atoms with van der Waals surface area (Å²) < 4.78 is 27.4. The minimum atomic E-state index is -1.40. The van der Waals surface area contributed by atoms with Crippen LogP contribution in [-0.2, 0) is 0 Å². The molecule has 2 rings (SSSR count). The van der Waals surface area contributed by atoms with Crippen molar-refractivity contribution in [3.8, 4) is 0 Å². The maximum Gasteiger partial charge on any atom is 0.147 e. The van der Waals surface area contributed by atoms with Crippen molar-refractivity contribution >= 4 is 0 Å². The van der Waals surface area contributed by atoms with Gasteiger partial charge in [-0.1, -0.05) is 6.07 Å². The second-order valence-corrected chi connectivity index (χ2v) is 4.25. The molecule has 2 aromatic rings. The van der Waals surface area contributed by atoms with Gasteiger partial charge in [0, 0.05) is 11.8 Å². The molecule has 1 aromatic heterocycles. The van der Waals surface area contributed by atoms with E-state index in [1.807, 2.05) is 0 Å². The predicted molar refractivity (Wildman–Crippen MR) is 64.1 cm³/mol. The largest absolute Gasteiger partial charge is 0.382 e. The van der Waals surface area contributed by atoms with Crippen molar-refractivity contribution in [1.29, 1.82) is 0 Å². The highest BCUT2D eigenvalue weighted by Gasteiger charge is 2.21. The Morgan fingerprint density at radius 2 is 1.89 bits per heavy atom. The summed E-state index contributed by atoms with van der Waals surface area (Å²) in [6.07, 6.45) is -0.0323. The molecule has 1 heterocycles. The van der Waals surface area contributed by atoms with E-state index >= 15 is 0 Å². The number of benzene rings is 1. The van der Waals surface area contributed by atoms with E-state index in [-0.39, 0.29) is 11.3 Å². The van der Waals surface area contributed by atoms with Crippen molar-refractivity contribution in [1.82, 2.24) is 4.98 Å². The summed E-state index contributed by atoms with van der Waals surface area (Å²) >= 11 is 0. The van der Waals surface area contributed by atoms with Gasteiger partial charge in [0.15, 0.2) is 0 Å². The molecule has 0 bridgehead atoms. The Morgan fingerprint density at radius 3 is 2.50 bits per heavy atom. The maximum atomic E-state index is 13.9. The smallest absolute Gasteiger partial charge is 0.147 e. The molecular formula is C14H13F2NO. The first kappa shape index (κ1) is 12.6. The van der Waals surface area contributed by atoms with Gasteiger partial charge in [-0.3, -0.25) is 4.98 Å². The fourth-order valence-electron chi connectivity index (χ4n) is 2.01. The van der Waals surface area contributed by atoms with Crippen LogP contribution in [0.25, 0.3) is 0 Å². The number of pyridine rings is 1. The van der Waals surface area contributed by atoms with Gasteiger partial charge in [0.25, 0.3) is 0 Å². The van der Waals surface area contributed by atoms with E-state index < -0.39 is 17.7 Å². The van der Waals surface area contributed by atoms with E-state index in [0.717, 1.165) is 5.56 Å². The first-order valence-corrected chi connectivity index (χ1v) is 5.56. The number of halogens is 2. The highest BCUT2D eigenvalue weighted by atomic mass is 19.1. The SMILES string of the molecule is Cc1cc(C)c(C(O)c2ncccc2F)c(F)c1. The molecule has 94 valence electrons. The van der Waals surface area contributed by atoms with Gasteiger partial charge < -0.3 is 5.11 Å². The van der Waals surface area contributed by atoms with Gasteiger partial charge in [0.05, 0.1) is 0 Å². The molecule has 0 radical (unpaired) electrons. The number of hydrogen-bond acceptors (Lipinski definition) is 2. The lowest BCUT2D eigenvalue weighted by Crippen LogP contribution is -2.09. The molecule has 1 N–H and O–H groups in total. The highest BCUT2D eigenvalue weighted by Crippen LogP contribution is 2.28. The van der Waals surface area contributed by atoms with Crippen molar-refractivity contribution < 1.29 is 13.9 Å². The van der Waals surface area contributed by atoms with E-state index in [1.54, 1.807) is 19.9 Å². The molecular weight excluding hydrogens is 236 g/mol. The highest BCUT2D eigenvalue weighted by molar-refractivity contribution is 5.37. The second kappa shape index (κ2) is 4.82. The summed E-state index contributed by atoms with van der Waals surface area (Å²) in [5.41, 5.74) is 1.23. The Balaban J connectivity index is 2.53. The standard InChI is InChI=1S/C14H13F2NO/c1-8-6-9(2)12(11(16)7-8)14(18)13-10(15)4-3-5-17-13/h3-7,14,18H,1-2H3. The molecule has 0 amide bonds. The number of rotatable bonds is 2. The first-order valence-electron chi connectivity index (χ1n) is 5.56. The van der Waals surface area contributed by atoms with Crippen LogP contribution in [0.2, 0.25) is 0 Å². The Bertz CT molecular complexity index is 561. The van der Waals surface area contributed by atoms with E-state index in [9.17, 15) is 13.9 Å². The minimum Gasteiger partial charge on any atom is -0.382 e. The molecule has 0 saturated carbocycles. The normalized spacial score (nSPS) is 12.5. The lowest BCUT2D eigenvalue weighted by molar-refractivity contribution is 0.203. The number of hydrogen-bond donors (Lipinski definition) is 1. The zero-order chi connectivity index (χ0) is 13.3. The number of aromatic nitrogens is 1. The molecule has 0 saturated heterocycles. The molecule has 0 aliphatic rings. The fraction of sp³-hybridized carbons (Fsp3) is 0.214. The third-order valence-corrected chi connectivity index (χ3v) is 2.80. The molecule has 1 atom stereocenters. The summed E-state index contributed by atoms with van der Waals surface area (Å²) in [6.45, 7) is 3.43. The van der Waals surface area contributed by atoms with Crippen molar-refractivity contribution in [3.63, 3.8) is 0 Å². The van der Waals surface area contributed by atoms with Gasteiger partial charge in [-0.05, 0) is 43.2 Å². The molecule has 4 heteroatoms. The van der Waals surface area contributed by atoms with Crippen molar-refractivity contribution in [2.24, 2.45) is 0 Å². The average Bonchev–Trinajstić information content (AvgIpc) is 2.27. The van der Waals surface area contributed by atoms with Crippen molar-refractivity contribution in [2.45, 2.75) is 20.0 Å². The minimum absolute atomic E-state index is 0.0678. The third kappa shape index (κ3) is 2.24. The Morgan fingerprint density at radius 1 is 1.17 bits per heavy atom. The van der Waals surface area contributed by atoms with Crippen LogP contribution in [0, 0.1) is 25.5 Å². The molecule has 0 aliphatic carbocycles. The first-order chi connectivity index (χ1) is 8.50. The van der Waals surface area contributed by atoms with Crippen LogP contribution in [0.1, 0.15) is 28.5 Å². The zero-order valence-electron chi connectivity index (χ0n) is 10.1. The van der Waals surface area contributed by atoms with E-state index in [4.69, 9.17) is 0 Å². The summed E-state index contributed by atoms with van der Waals surface area (Å²) in [5.74, 6) is -1.20. The van der Waals surface area contributed by atoms with E-state index in [0.29, 0.717) is 5.56 Å². The molecule has 0 fully saturated rings. The maximum absolute atomic E-state index is 13.9. The van der Waals surface area contributed by atoms with Gasteiger partial charge in [-0.25, -0.2) is 8.78 Å². The zero-order valence-corrected chi connectivity index (χ0v) is 10.1. The van der Waals surface area contributed by atoms with Gasteiger partial charge in [0.1, 0.15) is 23.4 Å². The van der Waals surface area contributed by atoms with Gasteiger partial charge in [-0.15, -0.1) is 0 Å². The summed E-state index contributed by atoms with van der Waals surface area (Å²) in [5, 5.41) is 10.1. The average molecular weight is 249 g/mol. The van der Waals surface area contributed by atoms with Crippen LogP contribution in [0.15, 0.2) is 30.5 Å². The van der Waals surface area contributed by atoms with Gasteiger partial charge >= 0.3 is 0 Å². The lowest BCUT2D eigenvalue weighted by atomic mass is 9.98. The van der Waals surface area contributed by atoms with Crippen molar-refractivity contribution in [3.05, 3.63) is 64.5 Å². The monoisotopic (exact) mass is 249 g/mol.